The molecule has 0 radical (unpaired) electrons. The van der Waals surface area contributed by atoms with Crippen LogP contribution in [0.15, 0.2) is 59.6 Å². The quantitative estimate of drug-likeness (QED) is 0.289. The monoisotopic (exact) mass is 538 g/mol. The van der Waals surface area contributed by atoms with Crippen LogP contribution in [0.2, 0.25) is 0 Å². The topological polar surface area (TPSA) is 58.1 Å². The van der Waals surface area contributed by atoms with Gasteiger partial charge in [0.2, 0.25) is 0 Å². The van der Waals surface area contributed by atoms with Crippen molar-refractivity contribution in [3.8, 4) is 5.75 Å². The summed E-state index contributed by atoms with van der Waals surface area (Å²) in [4.78, 5) is 7.14. The molecule has 170 valence electrons. The van der Waals surface area contributed by atoms with E-state index in [4.69, 9.17) is 14.5 Å². The summed E-state index contributed by atoms with van der Waals surface area (Å²) in [6, 6.07) is 18.8. The van der Waals surface area contributed by atoms with E-state index in [0.717, 1.165) is 56.7 Å². The van der Waals surface area contributed by atoms with Gasteiger partial charge in [0.1, 0.15) is 12.4 Å². The minimum Gasteiger partial charge on any atom is -0.492 e. The lowest BCUT2D eigenvalue weighted by Gasteiger charge is -2.26. The minimum atomic E-state index is 0. The number of hydrogen-bond acceptors (Lipinski definition) is 4. The second-order valence-corrected chi connectivity index (χ2v) is 7.42. The van der Waals surface area contributed by atoms with E-state index in [2.05, 4.69) is 65.8 Å². The Labute approximate surface area is 203 Å². The first kappa shape index (κ1) is 25.4. The molecular formula is C24H35IN4O2. The summed E-state index contributed by atoms with van der Waals surface area (Å²) in [7, 11) is 0. The van der Waals surface area contributed by atoms with Gasteiger partial charge in [-0.3, -0.25) is 4.90 Å². The number of nitrogens with one attached hydrogen (secondary N) is 2. The molecule has 1 heterocycles. The highest BCUT2D eigenvalue weighted by Crippen LogP contribution is 2.15. The van der Waals surface area contributed by atoms with Gasteiger partial charge in [0, 0.05) is 26.2 Å². The van der Waals surface area contributed by atoms with Gasteiger partial charge in [0.25, 0.3) is 0 Å². The number of nitrogens with zero attached hydrogens (tertiary/aromatic N) is 2. The molecule has 0 spiro atoms. The minimum absolute atomic E-state index is 0. The third-order valence-electron chi connectivity index (χ3n) is 5.10. The Bertz CT molecular complexity index is 782. The first-order valence-corrected chi connectivity index (χ1v) is 10.9. The van der Waals surface area contributed by atoms with Gasteiger partial charge in [-0.05, 0) is 37.1 Å². The number of morpholine rings is 1. The van der Waals surface area contributed by atoms with Gasteiger partial charge >= 0.3 is 0 Å². The van der Waals surface area contributed by atoms with Crippen LogP contribution in [-0.2, 0) is 11.3 Å². The molecule has 0 aromatic heterocycles. The normalized spacial score (nSPS) is 15.6. The Balaban J connectivity index is 0.00000341. The molecule has 0 bridgehead atoms. The molecule has 1 fully saturated rings. The fourth-order valence-corrected chi connectivity index (χ4v) is 3.37. The second-order valence-electron chi connectivity index (χ2n) is 7.42. The third-order valence-corrected chi connectivity index (χ3v) is 5.10. The molecule has 7 heteroatoms. The van der Waals surface area contributed by atoms with Crippen LogP contribution in [-0.4, -0.2) is 56.9 Å². The molecule has 2 aromatic carbocycles. The molecule has 2 N–H and O–H groups in total. The summed E-state index contributed by atoms with van der Waals surface area (Å²) >= 11 is 0. The van der Waals surface area contributed by atoms with Crippen LogP contribution in [0.1, 0.15) is 31.0 Å². The number of halogens is 1. The highest BCUT2D eigenvalue weighted by molar-refractivity contribution is 14.0. The first-order valence-electron chi connectivity index (χ1n) is 10.9. The number of rotatable bonds is 9. The summed E-state index contributed by atoms with van der Waals surface area (Å²) in [5.41, 5.74) is 2.36. The van der Waals surface area contributed by atoms with Crippen molar-refractivity contribution >= 4 is 29.9 Å². The Hall–Kier alpha value is -1.84. The van der Waals surface area contributed by atoms with E-state index in [1.807, 2.05) is 18.2 Å². The van der Waals surface area contributed by atoms with E-state index >= 15 is 0 Å². The van der Waals surface area contributed by atoms with Crippen molar-refractivity contribution < 1.29 is 9.47 Å². The van der Waals surface area contributed by atoms with Crippen molar-refractivity contribution in [2.75, 3.05) is 46.0 Å². The average Bonchev–Trinajstić information content (AvgIpc) is 2.79. The molecule has 3 rings (SSSR count). The van der Waals surface area contributed by atoms with Crippen molar-refractivity contribution in [3.05, 3.63) is 65.7 Å². The standard InChI is InChI=1S/C24H34N4O2.HI/c1-3-25-24(27-20(2)22-9-5-4-6-10-22)26-19-21-8-7-11-23(18-21)30-17-14-28-12-15-29-16-13-28;/h4-11,18,20H,3,12-17,19H2,1-2H3,(H2,25,26,27);1H. The van der Waals surface area contributed by atoms with Crippen molar-refractivity contribution in [1.82, 2.24) is 15.5 Å². The summed E-state index contributed by atoms with van der Waals surface area (Å²) < 4.78 is 11.4. The highest BCUT2D eigenvalue weighted by Gasteiger charge is 2.10. The molecular weight excluding hydrogens is 503 g/mol. The molecule has 1 unspecified atom stereocenters. The van der Waals surface area contributed by atoms with Crippen LogP contribution in [0.3, 0.4) is 0 Å². The predicted molar refractivity (Wildman–Crippen MR) is 137 cm³/mol. The molecule has 0 saturated carbocycles. The van der Waals surface area contributed by atoms with Gasteiger partial charge in [-0.2, -0.15) is 0 Å². The maximum absolute atomic E-state index is 5.96. The van der Waals surface area contributed by atoms with E-state index in [-0.39, 0.29) is 30.0 Å². The molecule has 6 nitrogen and oxygen atoms in total. The van der Waals surface area contributed by atoms with Gasteiger partial charge in [-0.25, -0.2) is 4.99 Å². The maximum Gasteiger partial charge on any atom is 0.192 e. The number of aliphatic imine (C=N–C) groups is 1. The van der Waals surface area contributed by atoms with Gasteiger partial charge in [-0.15, -0.1) is 24.0 Å². The molecule has 31 heavy (non-hydrogen) atoms. The van der Waals surface area contributed by atoms with E-state index in [0.29, 0.717) is 13.2 Å². The van der Waals surface area contributed by atoms with Gasteiger partial charge < -0.3 is 20.1 Å². The van der Waals surface area contributed by atoms with Crippen LogP contribution < -0.4 is 15.4 Å². The fourth-order valence-electron chi connectivity index (χ4n) is 3.37. The summed E-state index contributed by atoms with van der Waals surface area (Å²) in [5, 5.41) is 6.81. The van der Waals surface area contributed by atoms with Crippen LogP contribution >= 0.6 is 24.0 Å². The third kappa shape index (κ3) is 9.04. The smallest absolute Gasteiger partial charge is 0.192 e. The van der Waals surface area contributed by atoms with Crippen molar-refractivity contribution in [1.29, 1.82) is 0 Å². The molecule has 1 aliphatic rings. The molecule has 2 aromatic rings. The highest BCUT2D eigenvalue weighted by atomic mass is 127. The van der Waals surface area contributed by atoms with E-state index in [1.165, 1.54) is 5.56 Å². The first-order chi connectivity index (χ1) is 14.7. The molecule has 1 atom stereocenters. The van der Waals surface area contributed by atoms with Crippen molar-refractivity contribution in [2.24, 2.45) is 4.99 Å². The van der Waals surface area contributed by atoms with E-state index in [9.17, 15) is 0 Å². The lowest BCUT2D eigenvalue weighted by Crippen LogP contribution is -2.38. The van der Waals surface area contributed by atoms with Gasteiger partial charge in [-0.1, -0.05) is 42.5 Å². The Morgan fingerprint density at radius 3 is 2.65 bits per heavy atom. The fraction of sp³-hybridized carbons (Fsp3) is 0.458. The Morgan fingerprint density at radius 1 is 1.13 bits per heavy atom. The SMILES string of the molecule is CCNC(=NCc1cccc(OCCN2CCOCC2)c1)NC(C)c1ccccc1.I. The van der Waals surface area contributed by atoms with Gasteiger partial charge in [0.15, 0.2) is 5.96 Å². The summed E-state index contributed by atoms with van der Waals surface area (Å²) in [5.74, 6) is 1.71. The second kappa shape index (κ2) is 14.3. The van der Waals surface area contributed by atoms with Crippen LogP contribution in [0, 0.1) is 0 Å². The van der Waals surface area contributed by atoms with Crippen LogP contribution in [0.5, 0.6) is 5.75 Å². The summed E-state index contributed by atoms with van der Waals surface area (Å²) in [6.45, 7) is 10.9. The van der Waals surface area contributed by atoms with Crippen molar-refractivity contribution in [3.63, 3.8) is 0 Å². The average molecular weight is 538 g/mol. The lowest BCUT2D eigenvalue weighted by molar-refractivity contribution is 0.0322. The molecule has 0 amide bonds. The zero-order valence-electron chi connectivity index (χ0n) is 18.5. The zero-order chi connectivity index (χ0) is 21.0. The number of ether oxygens (including phenoxy) is 2. The van der Waals surface area contributed by atoms with E-state index < -0.39 is 0 Å². The number of guanidine groups is 1. The maximum atomic E-state index is 5.96. The lowest BCUT2D eigenvalue weighted by atomic mass is 10.1. The van der Waals surface area contributed by atoms with Gasteiger partial charge in [0.05, 0.1) is 25.8 Å². The van der Waals surface area contributed by atoms with Crippen LogP contribution in [0.25, 0.3) is 0 Å². The Morgan fingerprint density at radius 2 is 1.90 bits per heavy atom. The molecule has 1 aliphatic heterocycles. The number of hydrogen-bond donors (Lipinski definition) is 2. The summed E-state index contributed by atoms with van der Waals surface area (Å²) in [6.07, 6.45) is 0. The van der Waals surface area contributed by atoms with E-state index in [1.54, 1.807) is 0 Å². The predicted octanol–water partition coefficient (Wildman–Crippen LogP) is 3.83. The number of benzene rings is 2. The zero-order valence-corrected chi connectivity index (χ0v) is 20.9. The largest absolute Gasteiger partial charge is 0.492 e. The van der Waals surface area contributed by atoms with Crippen LogP contribution in [0.4, 0.5) is 0 Å². The molecule has 1 saturated heterocycles. The molecule has 0 aliphatic carbocycles. The Kier molecular flexibility index (Phi) is 11.7. The van der Waals surface area contributed by atoms with Crippen molar-refractivity contribution in [2.45, 2.75) is 26.4 Å².